The maximum atomic E-state index is 11.4. The number of fused-ring (bicyclic) bond motifs is 8. The summed E-state index contributed by atoms with van der Waals surface area (Å²) in [6.07, 6.45) is 0. The van der Waals surface area contributed by atoms with Gasteiger partial charge in [-0.15, -0.1) is 0 Å². The molecular weight excluding hydrogens is 1380 g/mol. The minimum atomic E-state index is -0.409. The Bertz CT molecular complexity index is 5040. The molecule has 30 nitrogen and oxygen atoms in total. The Morgan fingerprint density at radius 3 is 0.701 bits per heavy atom. The average Bonchev–Trinajstić information content (AvgIpc) is 1.60. The first-order chi connectivity index (χ1) is 50.1. The first-order valence-corrected chi connectivity index (χ1v) is 32.5. The minimum Gasteiger partial charge on any atom is -0.398 e. The highest BCUT2D eigenvalue weighted by atomic mass is 16.2. The molecule has 0 fully saturated rings. The number of anilines is 6. The van der Waals surface area contributed by atoms with E-state index in [2.05, 4.69) is 42.5 Å². The standard InChI is InChI=1S/4C10H10N2O2.2C10H9NO2.C9H8N2O2.C8H6N2O2/c4*1-4-3-5(2)8(11)7-6(4)9(13)12-10(7)14;2*1-5-3-6(2)8-7(4-5)9(12)11-10(8)13;1-4-2-3-5(10)7-6(4)8(12)11-9(7)13;9-5-3-1-2-4-6(5)8(12)10-7(4)11/h4*3H,11H2,1-2H3,(H,12,13,14);2*3-4H,1-2H3,(H,11,12,13);2-3H,10H2,1H3,(H,11,12,13);1-3H,9H2,(H,10,11,12). The molecule has 8 aromatic rings. The van der Waals surface area contributed by atoms with Gasteiger partial charge < -0.3 is 34.4 Å². The number of nitrogens with one attached hydrogen (secondary N) is 8. The van der Waals surface area contributed by atoms with Crippen LogP contribution in [0.5, 0.6) is 0 Å². The lowest BCUT2D eigenvalue weighted by molar-refractivity contribution is 0.0863. The van der Waals surface area contributed by atoms with Gasteiger partial charge in [0.1, 0.15) is 0 Å². The summed E-state index contributed by atoms with van der Waals surface area (Å²) in [4.78, 5) is 181. The maximum absolute atomic E-state index is 11.4. The normalized spacial score (nSPS) is 14.2. The first kappa shape index (κ1) is 76.9. The highest BCUT2D eigenvalue weighted by Crippen LogP contribution is 2.33. The zero-order chi connectivity index (χ0) is 79.3. The van der Waals surface area contributed by atoms with Crippen LogP contribution in [0.25, 0.3) is 0 Å². The van der Waals surface area contributed by atoms with Crippen molar-refractivity contribution in [3.8, 4) is 0 Å². The number of amides is 16. The first-order valence-electron chi connectivity index (χ1n) is 32.5. The van der Waals surface area contributed by atoms with Gasteiger partial charge >= 0.3 is 0 Å². The molecule has 8 aliphatic rings. The number of carbonyl (C=O) groups is 16. The molecule has 546 valence electrons. The van der Waals surface area contributed by atoms with Gasteiger partial charge in [-0.25, -0.2) is 0 Å². The van der Waals surface area contributed by atoms with Crippen LogP contribution >= 0.6 is 0 Å². The van der Waals surface area contributed by atoms with E-state index < -0.39 is 35.4 Å². The summed E-state index contributed by atoms with van der Waals surface area (Å²) in [5.74, 6) is -5.66. The lowest BCUT2D eigenvalue weighted by Gasteiger charge is -2.06. The molecule has 0 atom stereocenters. The van der Waals surface area contributed by atoms with Gasteiger partial charge in [-0.05, 0) is 182 Å². The molecule has 107 heavy (non-hydrogen) atoms. The summed E-state index contributed by atoms with van der Waals surface area (Å²) >= 11 is 0. The molecule has 20 N–H and O–H groups in total. The molecule has 16 rings (SSSR count). The Kier molecular flexibility index (Phi) is 21.2. The Morgan fingerprint density at radius 2 is 0.411 bits per heavy atom. The lowest BCUT2D eigenvalue weighted by atomic mass is 9.98. The molecule has 0 saturated heterocycles. The number of nitrogens with two attached hydrogens (primary N) is 6. The Balaban J connectivity index is 0.000000141. The third kappa shape index (κ3) is 14.6. The van der Waals surface area contributed by atoms with Crippen LogP contribution in [0.4, 0.5) is 34.1 Å². The molecule has 8 heterocycles. The van der Waals surface area contributed by atoms with Crippen molar-refractivity contribution in [2.75, 3.05) is 34.4 Å². The number of rotatable bonds is 0. The van der Waals surface area contributed by atoms with Crippen molar-refractivity contribution in [2.45, 2.75) is 90.0 Å². The predicted molar refractivity (Wildman–Crippen MR) is 394 cm³/mol. The largest absolute Gasteiger partial charge is 0.398 e. The maximum Gasteiger partial charge on any atom is 0.261 e. The topological polar surface area (TPSA) is 525 Å². The SMILES string of the molecule is Cc1cc(C)c2c(c1)C(=O)NC2=O.Cc1cc(C)c2c(c1)C(=O)NC2=O.Cc1cc(C)c2c(c1N)C(=O)NC2=O.Cc1cc(C)c2c(c1N)C(=O)NC2=O.Cc1cc(C)c2c(c1N)C(=O)NC2=O.Cc1cc(C)c2c(c1N)C(=O)NC2=O.Cc1ccc(N)c2c1C(=O)NC2=O.Nc1cccc2c1C(=O)NC2=O. The number of hydrogen-bond donors (Lipinski definition) is 14. The molecule has 0 aromatic heterocycles. The Labute approximate surface area is 609 Å². The minimum absolute atomic E-state index is 0.280. The summed E-state index contributed by atoms with van der Waals surface area (Å²) in [7, 11) is 0. The number of hydrogen-bond acceptors (Lipinski definition) is 22. The van der Waals surface area contributed by atoms with Crippen molar-refractivity contribution in [3.05, 3.63) is 240 Å². The van der Waals surface area contributed by atoms with Crippen LogP contribution in [0.1, 0.15) is 238 Å². The van der Waals surface area contributed by atoms with Crippen LogP contribution < -0.4 is 76.9 Å². The summed E-state index contributed by atoms with van der Waals surface area (Å²) in [5.41, 5.74) is 53.7. The highest BCUT2D eigenvalue weighted by Gasteiger charge is 2.37. The van der Waals surface area contributed by atoms with Crippen LogP contribution in [-0.4, -0.2) is 94.5 Å². The second kappa shape index (κ2) is 29.6. The molecule has 0 unspecified atom stereocenters. The summed E-state index contributed by atoms with van der Waals surface area (Å²) in [6, 6.07) is 22.7. The molecule has 16 amide bonds. The third-order valence-corrected chi connectivity index (χ3v) is 18.1. The summed E-state index contributed by atoms with van der Waals surface area (Å²) in [6.45, 7) is 23.7. The van der Waals surface area contributed by atoms with E-state index in [9.17, 15) is 76.7 Å². The number of aryl methyl sites for hydroxylation is 13. The van der Waals surface area contributed by atoms with Crippen LogP contribution in [0, 0.1) is 90.0 Å². The van der Waals surface area contributed by atoms with Crippen molar-refractivity contribution in [1.29, 1.82) is 0 Å². The zero-order valence-electron chi connectivity index (χ0n) is 60.0. The van der Waals surface area contributed by atoms with Crippen molar-refractivity contribution >= 4 is 129 Å². The van der Waals surface area contributed by atoms with Crippen LogP contribution in [0.3, 0.4) is 0 Å². The van der Waals surface area contributed by atoms with E-state index in [4.69, 9.17) is 34.4 Å². The predicted octanol–water partition coefficient (Wildman–Crippen LogP) is 6.06. The summed E-state index contributed by atoms with van der Waals surface area (Å²) in [5, 5.41) is 17.8. The van der Waals surface area contributed by atoms with E-state index in [0.29, 0.717) is 123 Å². The van der Waals surface area contributed by atoms with E-state index in [1.165, 1.54) is 0 Å². The second-order valence-corrected chi connectivity index (χ2v) is 26.0. The fourth-order valence-corrected chi connectivity index (χ4v) is 13.1. The fraction of sp³-hybridized carbons (Fsp3) is 0.169. The van der Waals surface area contributed by atoms with Gasteiger partial charge in [0.25, 0.3) is 94.5 Å². The number of carbonyl (C=O) groups excluding carboxylic acids is 16. The molecule has 0 saturated carbocycles. The molecule has 30 heteroatoms. The number of imide groups is 8. The van der Waals surface area contributed by atoms with E-state index in [0.717, 1.165) is 72.3 Å². The van der Waals surface area contributed by atoms with Crippen LogP contribution in [0.2, 0.25) is 0 Å². The van der Waals surface area contributed by atoms with Gasteiger partial charge in [0.15, 0.2) is 0 Å². The highest BCUT2D eigenvalue weighted by molar-refractivity contribution is 6.29. The quantitative estimate of drug-likeness (QED) is 0.0605. The van der Waals surface area contributed by atoms with Gasteiger partial charge in [-0.1, -0.05) is 59.7 Å². The molecule has 0 bridgehead atoms. The van der Waals surface area contributed by atoms with Crippen molar-refractivity contribution in [1.82, 2.24) is 42.5 Å². The summed E-state index contributed by atoms with van der Waals surface area (Å²) < 4.78 is 0. The van der Waals surface area contributed by atoms with Gasteiger partial charge in [0.05, 0.1) is 89.0 Å². The van der Waals surface area contributed by atoms with E-state index in [-0.39, 0.29) is 59.1 Å². The lowest BCUT2D eigenvalue weighted by Crippen LogP contribution is -2.20. The zero-order valence-corrected chi connectivity index (χ0v) is 60.0. The fourth-order valence-electron chi connectivity index (χ4n) is 13.1. The average molecular weight is 1450 g/mol. The second-order valence-electron chi connectivity index (χ2n) is 26.0. The van der Waals surface area contributed by atoms with E-state index in [1.807, 2.05) is 91.8 Å². The molecule has 8 aromatic carbocycles. The van der Waals surface area contributed by atoms with Crippen molar-refractivity contribution < 1.29 is 76.7 Å². The molecule has 8 aliphatic heterocycles. The van der Waals surface area contributed by atoms with Gasteiger partial charge in [-0.2, -0.15) is 0 Å². The Hall–Kier alpha value is -14.3. The Morgan fingerprint density at radius 1 is 0.187 bits per heavy atom. The van der Waals surface area contributed by atoms with Crippen molar-refractivity contribution in [2.24, 2.45) is 0 Å². The van der Waals surface area contributed by atoms with Gasteiger partial charge in [-0.3, -0.25) is 119 Å². The van der Waals surface area contributed by atoms with E-state index in [1.54, 1.807) is 77.1 Å². The van der Waals surface area contributed by atoms with Crippen LogP contribution in [0.15, 0.2) is 78.9 Å². The molecular formula is C77H72N14O16. The monoisotopic (exact) mass is 1450 g/mol. The molecule has 0 spiro atoms. The van der Waals surface area contributed by atoms with Gasteiger partial charge in [0.2, 0.25) is 0 Å². The third-order valence-electron chi connectivity index (χ3n) is 18.1. The number of nitrogen functional groups attached to an aromatic ring is 6. The van der Waals surface area contributed by atoms with Crippen molar-refractivity contribution in [3.63, 3.8) is 0 Å². The van der Waals surface area contributed by atoms with Crippen LogP contribution in [-0.2, 0) is 0 Å². The van der Waals surface area contributed by atoms with E-state index >= 15 is 0 Å². The smallest absolute Gasteiger partial charge is 0.261 e. The molecule has 0 aliphatic carbocycles. The number of benzene rings is 8. The van der Waals surface area contributed by atoms with Gasteiger partial charge in [0, 0.05) is 34.1 Å². The molecule has 0 radical (unpaired) electrons.